The summed E-state index contributed by atoms with van der Waals surface area (Å²) in [4.78, 5) is 15.3. The van der Waals surface area contributed by atoms with Gasteiger partial charge in [-0.05, 0) is 61.5 Å². The largest absolute Gasteiger partial charge is 0.242 e. The Morgan fingerprint density at radius 2 is 1.10 bits per heavy atom. The van der Waals surface area contributed by atoms with Gasteiger partial charge in [-0.3, -0.25) is 0 Å². The maximum Gasteiger partial charge on any atom is 0.110 e. The summed E-state index contributed by atoms with van der Waals surface area (Å²) in [6.45, 7) is 0. The van der Waals surface area contributed by atoms with E-state index in [0.29, 0.717) is 0 Å². The van der Waals surface area contributed by atoms with Crippen molar-refractivity contribution < 1.29 is 0 Å². The van der Waals surface area contributed by atoms with Crippen LogP contribution in [0.25, 0.3) is 63.8 Å². The minimum absolute atomic E-state index is 0.988. The summed E-state index contributed by atoms with van der Waals surface area (Å²) in [5.74, 6) is 0. The van der Waals surface area contributed by atoms with E-state index in [1.165, 1.54) is 41.4 Å². The van der Waals surface area contributed by atoms with Crippen LogP contribution in [0.15, 0.2) is 68.2 Å². The molecule has 6 aromatic rings. The van der Waals surface area contributed by atoms with E-state index in [1.807, 2.05) is 0 Å². The summed E-state index contributed by atoms with van der Waals surface area (Å²) in [6.07, 6.45) is 0. The Kier molecular flexibility index (Phi) is 4.09. The molecule has 0 fully saturated rings. The molecule has 0 aliphatic heterocycles. The third kappa shape index (κ3) is 2.71. The molecule has 7 heteroatoms. The first-order chi connectivity index (χ1) is 15.2. The second-order valence-electron chi connectivity index (χ2n) is 7.30. The Hall–Kier alpha value is -1.90. The van der Waals surface area contributed by atoms with Crippen molar-refractivity contribution in [2.24, 2.45) is 0 Å². The molecule has 0 saturated heterocycles. The average molecular weight is 582 g/mol. The predicted octanol–water partition coefficient (Wildman–Crippen LogP) is 9.47. The molecule has 1 aliphatic rings. The Bertz CT molecular complexity index is 1560. The standard InChI is InChI=1S/C24H10Br2N2S3/c25-16-9-7-14(29-16)23-21-22(24(31-23)15-8-10-17(26)30-15)28-20-13-6-2-4-11-3-1-5-12(18(11)13)19(20)27-21/h1-10H. The lowest BCUT2D eigenvalue weighted by molar-refractivity contribution is 1.33. The van der Waals surface area contributed by atoms with E-state index in [-0.39, 0.29) is 0 Å². The highest BCUT2D eigenvalue weighted by molar-refractivity contribution is 9.11. The van der Waals surface area contributed by atoms with E-state index in [1.54, 1.807) is 34.0 Å². The van der Waals surface area contributed by atoms with Crippen LogP contribution in [0.4, 0.5) is 0 Å². The van der Waals surface area contributed by atoms with Gasteiger partial charge in [-0.25, -0.2) is 9.97 Å². The van der Waals surface area contributed by atoms with Crippen molar-refractivity contribution in [2.75, 3.05) is 0 Å². The molecule has 4 heterocycles. The van der Waals surface area contributed by atoms with Gasteiger partial charge in [-0.15, -0.1) is 34.0 Å². The maximum atomic E-state index is 5.27. The highest BCUT2D eigenvalue weighted by Crippen LogP contribution is 2.51. The maximum absolute atomic E-state index is 5.27. The molecular weight excluding hydrogens is 572 g/mol. The minimum Gasteiger partial charge on any atom is -0.242 e. The van der Waals surface area contributed by atoms with Crippen molar-refractivity contribution in [3.8, 4) is 42.0 Å². The van der Waals surface area contributed by atoms with E-state index in [4.69, 9.17) is 9.97 Å². The van der Waals surface area contributed by atoms with Crippen LogP contribution in [0.1, 0.15) is 0 Å². The molecule has 0 radical (unpaired) electrons. The van der Waals surface area contributed by atoms with Crippen molar-refractivity contribution in [2.45, 2.75) is 0 Å². The molecule has 0 saturated carbocycles. The molecule has 0 N–H and O–H groups in total. The first-order valence-corrected chi connectivity index (χ1v) is 13.6. The third-order valence-electron chi connectivity index (χ3n) is 5.54. The van der Waals surface area contributed by atoms with Gasteiger partial charge in [0, 0.05) is 26.3 Å². The predicted molar refractivity (Wildman–Crippen MR) is 141 cm³/mol. The van der Waals surface area contributed by atoms with Crippen molar-refractivity contribution >= 4 is 87.7 Å². The van der Waals surface area contributed by atoms with Gasteiger partial charge in [-0.2, -0.15) is 0 Å². The zero-order valence-corrected chi connectivity index (χ0v) is 21.3. The molecule has 4 aromatic heterocycles. The molecule has 2 aromatic carbocycles. The van der Waals surface area contributed by atoms with Crippen LogP contribution in [-0.2, 0) is 0 Å². The van der Waals surface area contributed by atoms with E-state index < -0.39 is 0 Å². The Balaban J connectivity index is 1.60. The number of nitrogens with zero attached hydrogens (tertiary/aromatic N) is 2. The normalized spacial score (nSPS) is 12.2. The second kappa shape index (κ2) is 6.80. The van der Waals surface area contributed by atoms with Gasteiger partial charge in [0.2, 0.25) is 0 Å². The van der Waals surface area contributed by atoms with Crippen LogP contribution in [-0.4, -0.2) is 9.97 Å². The van der Waals surface area contributed by atoms with E-state index in [9.17, 15) is 0 Å². The number of rotatable bonds is 2. The van der Waals surface area contributed by atoms with Gasteiger partial charge < -0.3 is 0 Å². The number of hydrogen-bond donors (Lipinski definition) is 0. The lowest BCUT2D eigenvalue weighted by Crippen LogP contribution is -1.89. The fraction of sp³-hybridized carbons (Fsp3) is 0. The molecule has 148 valence electrons. The molecule has 0 unspecified atom stereocenters. The topological polar surface area (TPSA) is 25.8 Å². The fourth-order valence-electron chi connectivity index (χ4n) is 4.27. The number of benzene rings is 2. The Labute approximate surface area is 206 Å². The lowest BCUT2D eigenvalue weighted by Gasteiger charge is -2.03. The highest BCUT2D eigenvalue weighted by Gasteiger charge is 2.28. The van der Waals surface area contributed by atoms with Gasteiger partial charge in [0.25, 0.3) is 0 Å². The smallest absolute Gasteiger partial charge is 0.110 e. The van der Waals surface area contributed by atoms with Gasteiger partial charge in [-0.1, -0.05) is 36.4 Å². The summed E-state index contributed by atoms with van der Waals surface area (Å²) in [5.41, 5.74) is 6.33. The molecule has 1 aliphatic carbocycles. The van der Waals surface area contributed by atoms with E-state index in [0.717, 1.165) is 30.0 Å². The molecule has 0 bridgehead atoms. The summed E-state index contributed by atoms with van der Waals surface area (Å²) >= 11 is 12.5. The van der Waals surface area contributed by atoms with Gasteiger partial charge in [0.1, 0.15) is 11.0 Å². The van der Waals surface area contributed by atoms with Gasteiger partial charge in [0.15, 0.2) is 0 Å². The monoisotopic (exact) mass is 580 g/mol. The summed E-state index contributed by atoms with van der Waals surface area (Å²) < 4.78 is 2.24. The molecule has 2 nitrogen and oxygen atoms in total. The van der Waals surface area contributed by atoms with Crippen molar-refractivity contribution in [3.05, 3.63) is 68.2 Å². The summed E-state index contributed by atoms with van der Waals surface area (Å²) in [7, 11) is 0. The molecular formula is C24H10Br2N2S3. The number of halogens is 2. The SMILES string of the molecule is Brc1ccc(-c2sc(-c3ccc(Br)s3)c3nc4c(nc23)-c2cccc3cccc-4c23)s1. The Morgan fingerprint density at radius 3 is 1.55 bits per heavy atom. The fourth-order valence-corrected chi connectivity index (χ4v) is 8.44. The van der Waals surface area contributed by atoms with Crippen molar-refractivity contribution in [1.82, 2.24) is 9.97 Å². The van der Waals surface area contributed by atoms with Gasteiger partial charge in [0.05, 0.1) is 28.7 Å². The third-order valence-corrected chi connectivity index (χ3v) is 10.3. The molecule has 0 spiro atoms. The number of aromatic nitrogens is 2. The van der Waals surface area contributed by atoms with Crippen LogP contribution in [0.5, 0.6) is 0 Å². The first-order valence-electron chi connectivity index (χ1n) is 9.56. The second-order valence-corrected chi connectivity index (χ2v) is 13.2. The zero-order chi connectivity index (χ0) is 20.7. The zero-order valence-electron chi connectivity index (χ0n) is 15.6. The molecule has 7 rings (SSSR count). The molecule has 0 amide bonds. The Morgan fingerprint density at radius 1 is 0.581 bits per heavy atom. The van der Waals surface area contributed by atoms with Crippen molar-refractivity contribution in [3.63, 3.8) is 0 Å². The summed E-state index contributed by atoms with van der Waals surface area (Å²) in [6, 6.07) is 21.4. The summed E-state index contributed by atoms with van der Waals surface area (Å²) in [5, 5.41) is 2.50. The van der Waals surface area contributed by atoms with Crippen molar-refractivity contribution in [1.29, 1.82) is 0 Å². The number of hydrogen-bond acceptors (Lipinski definition) is 5. The van der Waals surface area contributed by atoms with Crippen LogP contribution in [0, 0.1) is 0 Å². The number of fused-ring (bicyclic) bond motifs is 4. The van der Waals surface area contributed by atoms with Crippen LogP contribution in [0.3, 0.4) is 0 Å². The quantitative estimate of drug-likeness (QED) is 0.203. The first kappa shape index (κ1) is 18.7. The van der Waals surface area contributed by atoms with Crippen LogP contribution >= 0.6 is 65.9 Å². The number of thiophene rings is 3. The van der Waals surface area contributed by atoms with Gasteiger partial charge >= 0.3 is 0 Å². The molecule has 31 heavy (non-hydrogen) atoms. The van der Waals surface area contributed by atoms with Crippen LogP contribution < -0.4 is 0 Å². The minimum atomic E-state index is 0.988. The average Bonchev–Trinajstić information content (AvgIpc) is 3.54. The highest BCUT2D eigenvalue weighted by atomic mass is 79.9. The van der Waals surface area contributed by atoms with E-state index in [2.05, 4.69) is 92.5 Å². The van der Waals surface area contributed by atoms with Crippen LogP contribution in [0.2, 0.25) is 0 Å². The lowest BCUT2D eigenvalue weighted by atomic mass is 10.0. The van der Waals surface area contributed by atoms with E-state index >= 15 is 0 Å². The molecule has 0 atom stereocenters.